The number of nitrogens with one attached hydrogen (secondary N) is 1. The molecule has 1 saturated heterocycles. The smallest absolute Gasteiger partial charge is 0.237 e. The first-order chi connectivity index (χ1) is 19.8. The van der Waals surface area contributed by atoms with Gasteiger partial charge >= 0.3 is 0 Å². The second-order valence-corrected chi connectivity index (χ2v) is 14.5. The molecule has 8 heteroatoms. The van der Waals surface area contributed by atoms with E-state index in [9.17, 15) is 13.2 Å². The molecule has 0 bridgehead atoms. The molecule has 7 rings (SSSR count). The molecule has 4 heterocycles. The van der Waals surface area contributed by atoms with Gasteiger partial charge in [-0.2, -0.15) is 0 Å². The number of piperidine rings is 1. The number of nitrogens with zero attached hydrogens (tertiary/aromatic N) is 3. The summed E-state index contributed by atoms with van der Waals surface area (Å²) in [4.78, 5) is 26.3. The SMILES string of the molecule is CN1C(=O)C2(CCCC2)c2c1cnc1[nH]c(-c3ccc(CN4CCC(S(C)(=O)=O)CC4)cc3)c(-c3ccccc3)c21. The van der Waals surface area contributed by atoms with Crippen LogP contribution in [0.3, 0.4) is 0 Å². The number of likely N-dealkylation sites (N-methyl/N-ethyl adjacent to an activating group) is 1. The fourth-order valence-corrected chi connectivity index (χ4v) is 8.57. The number of pyridine rings is 1. The Kier molecular flexibility index (Phi) is 6.32. The highest BCUT2D eigenvalue weighted by Gasteiger charge is 2.52. The van der Waals surface area contributed by atoms with Gasteiger partial charge in [0, 0.05) is 36.4 Å². The third-order valence-electron chi connectivity index (χ3n) is 9.66. The van der Waals surface area contributed by atoms with Crippen molar-refractivity contribution >= 4 is 32.5 Å². The van der Waals surface area contributed by atoms with Crippen LogP contribution < -0.4 is 4.90 Å². The molecule has 2 aromatic carbocycles. The number of carbonyl (C=O) groups is 1. The molecule has 1 amide bonds. The van der Waals surface area contributed by atoms with Crippen molar-refractivity contribution in [2.75, 3.05) is 31.3 Å². The van der Waals surface area contributed by atoms with Crippen LogP contribution in [-0.4, -0.2) is 60.8 Å². The summed E-state index contributed by atoms with van der Waals surface area (Å²) < 4.78 is 23.9. The van der Waals surface area contributed by atoms with E-state index in [0.717, 1.165) is 90.0 Å². The van der Waals surface area contributed by atoms with Crippen LogP contribution in [0.2, 0.25) is 0 Å². The fraction of sp³-hybridized carbons (Fsp3) is 0.394. The van der Waals surface area contributed by atoms with Crippen molar-refractivity contribution in [3.05, 3.63) is 71.9 Å². The molecule has 212 valence electrons. The summed E-state index contributed by atoms with van der Waals surface area (Å²) in [6, 6.07) is 19.1. The molecule has 0 radical (unpaired) electrons. The number of H-pyrrole nitrogens is 1. The molecule has 4 aromatic rings. The zero-order valence-electron chi connectivity index (χ0n) is 23.7. The predicted molar refractivity (Wildman–Crippen MR) is 164 cm³/mol. The summed E-state index contributed by atoms with van der Waals surface area (Å²) >= 11 is 0. The van der Waals surface area contributed by atoms with Crippen LogP contribution >= 0.6 is 0 Å². The Labute approximate surface area is 241 Å². The van der Waals surface area contributed by atoms with Crippen LogP contribution in [0.4, 0.5) is 5.69 Å². The molecule has 0 atom stereocenters. The Morgan fingerprint density at radius 2 is 1.66 bits per heavy atom. The van der Waals surface area contributed by atoms with Gasteiger partial charge in [-0.1, -0.05) is 67.4 Å². The second-order valence-electron chi connectivity index (χ2n) is 12.1. The number of benzene rings is 2. The first kappa shape index (κ1) is 26.4. The zero-order chi connectivity index (χ0) is 28.4. The van der Waals surface area contributed by atoms with Gasteiger partial charge in [-0.3, -0.25) is 9.69 Å². The van der Waals surface area contributed by atoms with Gasteiger partial charge in [-0.05, 0) is 55.5 Å². The molecule has 1 saturated carbocycles. The highest BCUT2D eigenvalue weighted by molar-refractivity contribution is 7.91. The van der Waals surface area contributed by atoms with E-state index in [1.54, 1.807) is 0 Å². The van der Waals surface area contributed by atoms with Crippen LogP contribution in [0.1, 0.15) is 49.7 Å². The summed E-state index contributed by atoms with van der Waals surface area (Å²) in [6.07, 6.45) is 8.51. The van der Waals surface area contributed by atoms with Gasteiger partial charge in [0.2, 0.25) is 5.91 Å². The van der Waals surface area contributed by atoms with Crippen molar-refractivity contribution in [2.24, 2.45) is 0 Å². The quantitative estimate of drug-likeness (QED) is 0.334. The lowest BCUT2D eigenvalue weighted by atomic mass is 9.78. The topological polar surface area (TPSA) is 86.4 Å². The number of rotatable bonds is 5. The lowest BCUT2D eigenvalue weighted by Crippen LogP contribution is -2.38. The lowest BCUT2D eigenvalue weighted by molar-refractivity contribution is -0.122. The van der Waals surface area contributed by atoms with Gasteiger partial charge < -0.3 is 9.88 Å². The van der Waals surface area contributed by atoms with Gasteiger partial charge in [0.15, 0.2) is 0 Å². The van der Waals surface area contributed by atoms with Crippen molar-refractivity contribution < 1.29 is 13.2 Å². The minimum absolute atomic E-state index is 0.200. The van der Waals surface area contributed by atoms with Crippen LogP contribution in [0.15, 0.2) is 60.8 Å². The number of amides is 1. The van der Waals surface area contributed by atoms with E-state index in [4.69, 9.17) is 4.98 Å². The fourth-order valence-electron chi connectivity index (χ4n) is 7.50. The number of carbonyl (C=O) groups excluding carboxylic acids is 1. The van der Waals surface area contributed by atoms with E-state index in [1.165, 1.54) is 11.8 Å². The molecule has 0 unspecified atom stereocenters. The maximum Gasteiger partial charge on any atom is 0.237 e. The molecule has 7 nitrogen and oxygen atoms in total. The standard InChI is InChI=1S/C33H36N4O3S/c1-36-26-20-34-31-28(29(26)33(32(36)38)16-6-7-17-33)27(23-8-4-3-5-9-23)30(35-31)24-12-10-22(11-13-24)21-37-18-14-25(15-19-37)41(2,39)40/h3-5,8-13,20,25H,6-7,14-19,21H2,1-2H3,(H,34,35). The summed E-state index contributed by atoms with van der Waals surface area (Å²) in [5, 5.41) is 0.856. The molecule has 41 heavy (non-hydrogen) atoms. The number of aromatic nitrogens is 2. The Morgan fingerprint density at radius 1 is 0.976 bits per heavy atom. The van der Waals surface area contributed by atoms with Gasteiger partial charge in [0.1, 0.15) is 15.5 Å². The minimum Gasteiger partial charge on any atom is -0.339 e. The van der Waals surface area contributed by atoms with Crippen LogP contribution in [0.25, 0.3) is 33.4 Å². The summed E-state index contributed by atoms with van der Waals surface area (Å²) in [6.45, 7) is 2.40. The number of sulfone groups is 1. The highest BCUT2D eigenvalue weighted by Crippen LogP contribution is 2.55. The Morgan fingerprint density at radius 3 is 2.32 bits per heavy atom. The second kappa shape index (κ2) is 9.81. The maximum atomic E-state index is 13.7. The first-order valence-electron chi connectivity index (χ1n) is 14.7. The zero-order valence-corrected chi connectivity index (χ0v) is 24.5. The Bertz CT molecular complexity index is 1730. The van der Waals surface area contributed by atoms with Crippen LogP contribution in [0.5, 0.6) is 0 Å². The monoisotopic (exact) mass is 568 g/mol. The van der Waals surface area contributed by atoms with Crippen molar-refractivity contribution in [1.82, 2.24) is 14.9 Å². The number of fused-ring (bicyclic) bond motifs is 4. The Hall–Kier alpha value is -3.49. The minimum atomic E-state index is -2.97. The van der Waals surface area contributed by atoms with E-state index in [2.05, 4.69) is 58.4 Å². The summed E-state index contributed by atoms with van der Waals surface area (Å²) in [5.74, 6) is 0.200. The van der Waals surface area contributed by atoms with Gasteiger partial charge in [-0.15, -0.1) is 0 Å². The van der Waals surface area contributed by atoms with E-state index in [0.29, 0.717) is 12.8 Å². The average Bonchev–Trinajstić information content (AvgIpc) is 3.67. The Balaban J connectivity index is 1.29. The lowest BCUT2D eigenvalue weighted by Gasteiger charge is -2.31. The molecule has 2 aromatic heterocycles. The van der Waals surface area contributed by atoms with E-state index >= 15 is 0 Å². The highest BCUT2D eigenvalue weighted by atomic mass is 32.2. The van der Waals surface area contributed by atoms with Gasteiger partial charge in [0.05, 0.1) is 28.2 Å². The number of hydrogen-bond donors (Lipinski definition) is 1. The molecule has 2 aliphatic heterocycles. The van der Waals surface area contributed by atoms with Gasteiger partial charge in [0.25, 0.3) is 0 Å². The molecule has 1 aliphatic carbocycles. The summed E-state index contributed by atoms with van der Waals surface area (Å²) in [5.41, 5.74) is 7.95. The molecular formula is C33H36N4O3S. The number of anilines is 1. The van der Waals surface area contributed by atoms with Crippen LogP contribution in [-0.2, 0) is 26.6 Å². The van der Waals surface area contributed by atoms with E-state index in [1.807, 2.05) is 24.2 Å². The predicted octanol–water partition coefficient (Wildman–Crippen LogP) is 5.69. The summed E-state index contributed by atoms with van der Waals surface area (Å²) in [7, 11) is -1.08. The first-order valence-corrected chi connectivity index (χ1v) is 16.6. The molecule has 2 fully saturated rings. The molecular weight excluding hydrogens is 532 g/mol. The normalized spacial score (nSPS) is 19.5. The molecule has 1 N–H and O–H groups in total. The largest absolute Gasteiger partial charge is 0.339 e. The third kappa shape index (κ3) is 4.30. The van der Waals surface area contributed by atoms with Gasteiger partial charge in [-0.25, -0.2) is 13.4 Å². The van der Waals surface area contributed by atoms with Crippen molar-refractivity contribution in [2.45, 2.75) is 55.7 Å². The van der Waals surface area contributed by atoms with E-state index in [-0.39, 0.29) is 11.2 Å². The number of hydrogen-bond acceptors (Lipinski definition) is 5. The number of likely N-dealkylation sites (tertiary alicyclic amines) is 1. The van der Waals surface area contributed by atoms with E-state index < -0.39 is 15.3 Å². The molecule has 1 spiro atoms. The van der Waals surface area contributed by atoms with Crippen LogP contribution in [0, 0.1) is 0 Å². The number of aromatic amines is 1. The van der Waals surface area contributed by atoms with Crippen molar-refractivity contribution in [1.29, 1.82) is 0 Å². The van der Waals surface area contributed by atoms with Crippen molar-refractivity contribution in [3.63, 3.8) is 0 Å². The van der Waals surface area contributed by atoms with Crippen molar-refractivity contribution in [3.8, 4) is 22.4 Å². The maximum absolute atomic E-state index is 13.7. The average molecular weight is 569 g/mol. The molecule has 3 aliphatic rings. The third-order valence-corrected chi connectivity index (χ3v) is 11.3.